The number of hydrogen-bond donors (Lipinski definition) is 0. The Morgan fingerprint density at radius 3 is 2.74 bits per heavy atom. The maximum Gasteiger partial charge on any atom is 0.185 e. The molecular formula is C15H18N2OS. The van der Waals surface area contributed by atoms with Gasteiger partial charge in [0, 0.05) is 24.5 Å². The van der Waals surface area contributed by atoms with Crippen molar-refractivity contribution in [1.29, 1.82) is 0 Å². The third kappa shape index (κ3) is 3.64. The van der Waals surface area contributed by atoms with Crippen LogP contribution in [-0.4, -0.2) is 24.4 Å². The van der Waals surface area contributed by atoms with Gasteiger partial charge in [-0.3, -0.25) is 4.79 Å². The fourth-order valence-corrected chi connectivity index (χ4v) is 2.69. The first-order valence-electron chi connectivity index (χ1n) is 6.44. The lowest BCUT2D eigenvalue weighted by atomic mass is 10.1. The minimum Gasteiger partial charge on any atom is -0.351 e. The molecule has 1 heterocycles. The van der Waals surface area contributed by atoms with Gasteiger partial charge in [0.15, 0.2) is 10.9 Å². The van der Waals surface area contributed by atoms with Crippen molar-refractivity contribution in [3.8, 4) is 0 Å². The van der Waals surface area contributed by atoms with E-state index in [1.165, 1.54) is 0 Å². The molecule has 19 heavy (non-hydrogen) atoms. The van der Waals surface area contributed by atoms with E-state index in [2.05, 4.69) is 16.8 Å². The number of rotatable bonds is 6. The fourth-order valence-electron chi connectivity index (χ4n) is 1.87. The Hall–Kier alpha value is -1.68. The van der Waals surface area contributed by atoms with Crippen LogP contribution in [0.3, 0.4) is 0 Å². The summed E-state index contributed by atoms with van der Waals surface area (Å²) in [5.74, 6) is 0.121. The summed E-state index contributed by atoms with van der Waals surface area (Å²) in [6.07, 6.45) is 1.47. The highest BCUT2D eigenvalue weighted by molar-refractivity contribution is 7.13. The number of hydrogen-bond acceptors (Lipinski definition) is 4. The molecule has 100 valence electrons. The molecule has 0 fully saturated rings. The van der Waals surface area contributed by atoms with Crippen LogP contribution >= 0.6 is 11.3 Å². The van der Waals surface area contributed by atoms with Crippen molar-refractivity contribution < 1.29 is 4.79 Å². The summed E-state index contributed by atoms with van der Waals surface area (Å²) in [6.45, 7) is 3.13. The average molecular weight is 274 g/mol. The zero-order valence-electron chi connectivity index (χ0n) is 11.3. The van der Waals surface area contributed by atoms with Crippen LogP contribution in [0.25, 0.3) is 0 Å². The van der Waals surface area contributed by atoms with E-state index >= 15 is 0 Å². The fraction of sp³-hybridized carbons (Fsp3) is 0.333. The van der Waals surface area contributed by atoms with E-state index in [0.29, 0.717) is 6.42 Å². The first-order chi connectivity index (χ1) is 9.20. The van der Waals surface area contributed by atoms with E-state index in [9.17, 15) is 4.79 Å². The highest BCUT2D eigenvalue weighted by Gasteiger charge is 2.11. The smallest absolute Gasteiger partial charge is 0.185 e. The minimum absolute atomic E-state index is 0.121. The average Bonchev–Trinajstić information content (AvgIpc) is 2.88. The second-order valence-corrected chi connectivity index (χ2v) is 5.35. The van der Waals surface area contributed by atoms with E-state index in [1.807, 2.05) is 42.8 Å². The van der Waals surface area contributed by atoms with Crippen molar-refractivity contribution in [2.45, 2.75) is 19.8 Å². The zero-order chi connectivity index (χ0) is 13.7. The molecule has 2 rings (SSSR count). The Morgan fingerprint density at radius 2 is 2.05 bits per heavy atom. The molecule has 0 aliphatic rings. The third-order valence-corrected chi connectivity index (χ3v) is 3.87. The molecule has 0 atom stereocenters. The lowest BCUT2D eigenvalue weighted by molar-refractivity contribution is 0.0992. The summed E-state index contributed by atoms with van der Waals surface area (Å²) in [5, 5.41) is 2.96. The molecule has 2 aromatic rings. The molecule has 3 nitrogen and oxygen atoms in total. The number of nitrogens with zero attached hydrogens (tertiary/aromatic N) is 2. The molecule has 0 saturated carbocycles. The molecular weight excluding hydrogens is 256 g/mol. The van der Waals surface area contributed by atoms with Gasteiger partial charge >= 0.3 is 0 Å². The van der Waals surface area contributed by atoms with Gasteiger partial charge in [0.05, 0.1) is 12.1 Å². The number of Topliss-reactive ketones (excluding diaryl/α,β-unsaturated/α-hetero) is 1. The van der Waals surface area contributed by atoms with Crippen molar-refractivity contribution in [3.63, 3.8) is 0 Å². The Kier molecular flexibility index (Phi) is 4.68. The summed E-state index contributed by atoms with van der Waals surface area (Å²) in [5.41, 5.74) is 1.61. The molecule has 1 aromatic heterocycles. The number of aromatic nitrogens is 1. The normalized spacial score (nSPS) is 10.4. The van der Waals surface area contributed by atoms with Gasteiger partial charge in [0.2, 0.25) is 0 Å². The van der Waals surface area contributed by atoms with Gasteiger partial charge in [0.1, 0.15) is 0 Å². The molecule has 1 aromatic carbocycles. The van der Waals surface area contributed by atoms with Gasteiger partial charge in [-0.1, -0.05) is 37.3 Å². The maximum atomic E-state index is 12.1. The summed E-state index contributed by atoms with van der Waals surface area (Å²) in [6, 6.07) is 9.37. The van der Waals surface area contributed by atoms with Crippen LogP contribution in [0.2, 0.25) is 0 Å². The number of benzene rings is 1. The molecule has 0 radical (unpaired) electrons. The largest absolute Gasteiger partial charge is 0.351 e. The van der Waals surface area contributed by atoms with E-state index in [0.717, 1.165) is 29.4 Å². The lowest BCUT2D eigenvalue weighted by Crippen LogP contribution is -2.17. The highest BCUT2D eigenvalue weighted by atomic mass is 32.1. The first-order valence-corrected chi connectivity index (χ1v) is 7.32. The van der Waals surface area contributed by atoms with Gasteiger partial charge in [-0.15, -0.1) is 11.3 Å². The van der Waals surface area contributed by atoms with Gasteiger partial charge in [-0.25, -0.2) is 4.98 Å². The number of anilines is 1. The van der Waals surface area contributed by atoms with E-state index in [1.54, 1.807) is 11.3 Å². The molecule has 0 unspecified atom stereocenters. The van der Waals surface area contributed by atoms with E-state index < -0.39 is 0 Å². The predicted octanol–water partition coefficient (Wildman–Crippen LogP) is 3.41. The van der Waals surface area contributed by atoms with E-state index in [-0.39, 0.29) is 5.78 Å². The van der Waals surface area contributed by atoms with Gasteiger partial charge in [-0.2, -0.15) is 0 Å². The molecule has 0 spiro atoms. The summed E-state index contributed by atoms with van der Waals surface area (Å²) >= 11 is 1.60. The van der Waals surface area contributed by atoms with Crippen LogP contribution in [0.4, 0.5) is 5.13 Å². The van der Waals surface area contributed by atoms with Crippen molar-refractivity contribution in [3.05, 3.63) is 47.0 Å². The summed E-state index contributed by atoms with van der Waals surface area (Å²) < 4.78 is 0. The summed E-state index contributed by atoms with van der Waals surface area (Å²) in [4.78, 5) is 18.7. The molecule has 0 amide bonds. The van der Waals surface area contributed by atoms with Crippen molar-refractivity contribution in [2.75, 3.05) is 18.5 Å². The van der Waals surface area contributed by atoms with Crippen LogP contribution in [0, 0.1) is 0 Å². The lowest BCUT2D eigenvalue weighted by Gasteiger charge is -2.13. The Bertz CT molecular complexity index is 536. The van der Waals surface area contributed by atoms with Crippen LogP contribution in [0.5, 0.6) is 0 Å². The SMILES string of the molecule is CCCN(C)c1nc(CC(=O)c2ccccc2)cs1. The van der Waals surface area contributed by atoms with Crippen molar-refractivity contribution in [1.82, 2.24) is 4.98 Å². The van der Waals surface area contributed by atoms with Crippen LogP contribution in [-0.2, 0) is 6.42 Å². The molecule has 0 saturated heterocycles. The number of carbonyl (C=O) groups is 1. The molecule has 0 bridgehead atoms. The molecule has 0 aliphatic carbocycles. The quantitative estimate of drug-likeness (QED) is 0.757. The minimum atomic E-state index is 0.121. The maximum absolute atomic E-state index is 12.1. The second-order valence-electron chi connectivity index (χ2n) is 4.51. The van der Waals surface area contributed by atoms with Crippen molar-refractivity contribution in [2.24, 2.45) is 0 Å². The van der Waals surface area contributed by atoms with Gasteiger partial charge < -0.3 is 4.90 Å². The first kappa shape index (κ1) is 13.7. The number of thiazole rings is 1. The predicted molar refractivity (Wildman–Crippen MR) is 80.2 cm³/mol. The van der Waals surface area contributed by atoms with Crippen LogP contribution < -0.4 is 4.90 Å². The Labute approximate surface area is 117 Å². The Morgan fingerprint density at radius 1 is 1.32 bits per heavy atom. The monoisotopic (exact) mass is 274 g/mol. The van der Waals surface area contributed by atoms with Crippen LogP contribution in [0.1, 0.15) is 29.4 Å². The van der Waals surface area contributed by atoms with Gasteiger partial charge in [0.25, 0.3) is 0 Å². The standard InChI is InChI=1S/C15H18N2OS/c1-3-9-17(2)15-16-13(11-19-15)10-14(18)12-7-5-4-6-8-12/h4-8,11H,3,9-10H2,1-2H3. The number of carbonyl (C=O) groups excluding carboxylic acids is 1. The number of ketones is 1. The topological polar surface area (TPSA) is 33.2 Å². The molecule has 0 N–H and O–H groups in total. The molecule has 0 aliphatic heterocycles. The highest BCUT2D eigenvalue weighted by Crippen LogP contribution is 2.20. The molecule has 4 heteroatoms. The van der Waals surface area contributed by atoms with Crippen LogP contribution in [0.15, 0.2) is 35.7 Å². The van der Waals surface area contributed by atoms with E-state index in [4.69, 9.17) is 0 Å². The van der Waals surface area contributed by atoms with Gasteiger partial charge in [-0.05, 0) is 6.42 Å². The zero-order valence-corrected chi connectivity index (χ0v) is 12.1. The Balaban J connectivity index is 2.02. The second kappa shape index (κ2) is 6.48. The van der Waals surface area contributed by atoms with Crippen molar-refractivity contribution >= 4 is 22.3 Å². The summed E-state index contributed by atoms with van der Waals surface area (Å²) in [7, 11) is 2.03. The third-order valence-electron chi connectivity index (χ3n) is 2.86.